The highest BCUT2D eigenvalue weighted by molar-refractivity contribution is 6.42. The van der Waals surface area contributed by atoms with Crippen LogP contribution >= 0.6 is 23.2 Å². The van der Waals surface area contributed by atoms with E-state index in [9.17, 15) is 0 Å². The Kier molecular flexibility index (Phi) is 7.03. The van der Waals surface area contributed by atoms with Crippen LogP contribution in [0.3, 0.4) is 0 Å². The molecule has 0 amide bonds. The molecule has 1 heterocycles. The van der Waals surface area contributed by atoms with E-state index >= 15 is 0 Å². The molecule has 26 heavy (non-hydrogen) atoms. The van der Waals surface area contributed by atoms with Gasteiger partial charge in [-0.15, -0.1) is 0 Å². The summed E-state index contributed by atoms with van der Waals surface area (Å²) in [5.74, 6) is 1.45. The lowest BCUT2D eigenvalue weighted by molar-refractivity contribution is 0.110. The Morgan fingerprint density at radius 1 is 1.19 bits per heavy atom. The quantitative estimate of drug-likeness (QED) is 0.693. The lowest BCUT2D eigenvalue weighted by atomic mass is 10.1. The van der Waals surface area contributed by atoms with Gasteiger partial charge in [0.1, 0.15) is 6.61 Å². The molecule has 6 heteroatoms. The van der Waals surface area contributed by atoms with Crippen LogP contribution in [0, 0.1) is 0 Å². The number of hydrogen-bond donors (Lipinski definition) is 1. The number of halogens is 2. The molecular formula is C20H23Cl2NO3. The van der Waals surface area contributed by atoms with Gasteiger partial charge in [0.05, 0.1) is 23.3 Å². The summed E-state index contributed by atoms with van der Waals surface area (Å²) >= 11 is 12.1. The summed E-state index contributed by atoms with van der Waals surface area (Å²) in [6.45, 7) is 2.77. The molecule has 0 spiro atoms. The predicted molar refractivity (Wildman–Crippen MR) is 104 cm³/mol. The molecule has 1 saturated heterocycles. The first-order valence-electron chi connectivity index (χ1n) is 8.72. The summed E-state index contributed by atoms with van der Waals surface area (Å²) in [7, 11) is 1.64. The molecular weight excluding hydrogens is 373 g/mol. The Morgan fingerprint density at radius 3 is 2.81 bits per heavy atom. The second-order valence-corrected chi connectivity index (χ2v) is 7.07. The SMILES string of the molecule is COc1cccc(CNCC2CCCO2)c1OCc1ccc(Cl)c(Cl)c1. The first-order valence-corrected chi connectivity index (χ1v) is 9.48. The van der Waals surface area contributed by atoms with E-state index in [1.807, 2.05) is 30.3 Å². The van der Waals surface area contributed by atoms with Crippen LogP contribution in [0.4, 0.5) is 0 Å². The minimum absolute atomic E-state index is 0.307. The van der Waals surface area contributed by atoms with Gasteiger partial charge in [0.2, 0.25) is 0 Å². The molecule has 0 saturated carbocycles. The van der Waals surface area contributed by atoms with E-state index in [4.69, 9.17) is 37.4 Å². The van der Waals surface area contributed by atoms with Crippen molar-refractivity contribution in [2.45, 2.75) is 32.1 Å². The standard InChI is InChI=1S/C20H23Cl2NO3/c1-24-19-6-2-4-15(11-23-12-16-5-3-9-25-16)20(19)26-13-14-7-8-17(21)18(22)10-14/h2,4,6-8,10,16,23H,3,5,9,11-13H2,1H3. The van der Waals surface area contributed by atoms with Crippen LogP contribution in [-0.4, -0.2) is 26.4 Å². The Balaban J connectivity index is 1.66. The van der Waals surface area contributed by atoms with Gasteiger partial charge in [-0.25, -0.2) is 0 Å². The molecule has 0 aromatic heterocycles. The average Bonchev–Trinajstić information content (AvgIpc) is 3.16. The summed E-state index contributed by atoms with van der Waals surface area (Å²) in [5.41, 5.74) is 1.99. The zero-order valence-electron chi connectivity index (χ0n) is 14.8. The third-order valence-corrected chi connectivity index (χ3v) is 5.10. The zero-order valence-corrected chi connectivity index (χ0v) is 16.3. The number of rotatable bonds is 8. The van der Waals surface area contributed by atoms with E-state index in [-0.39, 0.29) is 0 Å². The maximum Gasteiger partial charge on any atom is 0.166 e. The summed E-state index contributed by atoms with van der Waals surface area (Å²) in [4.78, 5) is 0. The van der Waals surface area contributed by atoms with Gasteiger partial charge in [0.25, 0.3) is 0 Å². The van der Waals surface area contributed by atoms with E-state index in [1.54, 1.807) is 13.2 Å². The fourth-order valence-electron chi connectivity index (χ4n) is 2.98. The van der Waals surface area contributed by atoms with Gasteiger partial charge in [-0.2, -0.15) is 0 Å². The molecule has 1 aliphatic rings. The Labute approximate surface area is 164 Å². The first-order chi connectivity index (χ1) is 12.7. The van der Waals surface area contributed by atoms with E-state index in [0.29, 0.717) is 35.1 Å². The number of hydrogen-bond acceptors (Lipinski definition) is 4. The molecule has 1 unspecified atom stereocenters. The molecule has 0 radical (unpaired) electrons. The zero-order chi connectivity index (χ0) is 18.4. The van der Waals surface area contributed by atoms with Crippen molar-refractivity contribution < 1.29 is 14.2 Å². The van der Waals surface area contributed by atoms with Crippen LogP contribution in [-0.2, 0) is 17.9 Å². The molecule has 4 nitrogen and oxygen atoms in total. The molecule has 1 N–H and O–H groups in total. The maximum absolute atomic E-state index is 6.08. The van der Waals surface area contributed by atoms with Gasteiger partial charge < -0.3 is 19.5 Å². The fraction of sp³-hybridized carbons (Fsp3) is 0.400. The van der Waals surface area contributed by atoms with Crippen LogP contribution in [0.5, 0.6) is 11.5 Å². The number of methoxy groups -OCH3 is 1. The molecule has 2 aromatic rings. The van der Waals surface area contributed by atoms with Crippen LogP contribution in [0.25, 0.3) is 0 Å². The van der Waals surface area contributed by atoms with Crippen LogP contribution in [0.15, 0.2) is 36.4 Å². The largest absolute Gasteiger partial charge is 0.493 e. The average molecular weight is 396 g/mol. The minimum Gasteiger partial charge on any atom is -0.493 e. The van der Waals surface area contributed by atoms with Crippen molar-refractivity contribution in [2.24, 2.45) is 0 Å². The first kappa shape index (κ1) is 19.3. The summed E-state index contributed by atoms with van der Waals surface area (Å²) in [6, 6.07) is 11.4. The lowest BCUT2D eigenvalue weighted by Crippen LogP contribution is -2.26. The normalized spacial score (nSPS) is 16.7. The highest BCUT2D eigenvalue weighted by atomic mass is 35.5. The van der Waals surface area contributed by atoms with Crippen molar-refractivity contribution in [1.29, 1.82) is 0 Å². The van der Waals surface area contributed by atoms with Gasteiger partial charge >= 0.3 is 0 Å². The summed E-state index contributed by atoms with van der Waals surface area (Å²) in [6.07, 6.45) is 2.57. The number of ether oxygens (including phenoxy) is 3. The third-order valence-electron chi connectivity index (χ3n) is 4.36. The smallest absolute Gasteiger partial charge is 0.166 e. The van der Waals surface area contributed by atoms with Crippen molar-refractivity contribution in [1.82, 2.24) is 5.32 Å². The van der Waals surface area contributed by atoms with Crippen molar-refractivity contribution in [3.05, 3.63) is 57.6 Å². The molecule has 0 aliphatic carbocycles. The third kappa shape index (κ3) is 5.04. The Hall–Kier alpha value is -1.46. The van der Waals surface area contributed by atoms with Crippen molar-refractivity contribution in [3.8, 4) is 11.5 Å². The number of benzene rings is 2. The number of nitrogens with one attached hydrogen (secondary N) is 1. The van der Waals surface area contributed by atoms with E-state index in [2.05, 4.69) is 5.32 Å². The molecule has 140 valence electrons. The Morgan fingerprint density at radius 2 is 2.08 bits per heavy atom. The van der Waals surface area contributed by atoms with Crippen LogP contribution < -0.4 is 14.8 Å². The number of para-hydroxylation sites is 1. The van der Waals surface area contributed by atoms with Crippen LogP contribution in [0.2, 0.25) is 10.0 Å². The van der Waals surface area contributed by atoms with Crippen molar-refractivity contribution in [3.63, 3.8) is 0 Å². The highest BCUT2D eigenvalue weighted by Gasteiger charge is 2.16. The van der Waals surface area contributed by atoms with Gasteiger partial charge in [0.15, 0.2) is 11.5 Å². The Bertz CT molecular complexity index is 733. The highest BCUT2D eigenvalue weighted by Crippen LogP contribution is 2.32. The van der Waals surface area contributed by atoms with Gasteiger partial charge in [0, 0.05) is 25.3 Å². The molecule has 1 fully saturated rings. The second-order valence-electron chi connectivity index (χ2n) is 6.25. The van der Waals surface area contributed by atoms with Crippen molar-refractivity contribution >= 4 is 23.2 Å². The van der Waals surface area contributed by atoms with E-state index < -0.39 is 0 Å². The molecule has 1 atom stereocenters. The topological polar surface area (TPSA) is 39.7 Å². The second kappa shape index (κ2) is 9.47. The monoisotopic (exact) mass is 395 g/mol. The van der Waals surface area contributed by atoms with Crippen molar-refractivity contribution in [2.75, 3.05) is 20.3 Å². The molecule has 2 aromatic carbocycles. The minimum atomic E-state index is 0.307. The van der Waals surface area contributed by atoms with Crippen LogP contribution in [0.1, 0.15) is 24.0 Å². The summed E-state index contributed by atoms with van der Waals surface area (Å²) in [5, 5.41) is 4.50. The maximum atomic E-state index is 6.08. The lowest BCUT2D eigenvalue weighted by Gasteiger charge is -2.17. The van der Waals surface area contributed by atoms with E-state index in [1.165, 1.54) is 0 Å². The van der Waals surface area contributed by atoms with Gasteiger partial charge in [-0.05, 0) is 36.6 Å². The van der Waals surface area contributed by atoms with Gasteiger partial charge in [-0.3, -0.25) is 0 Å². The molecule has 1 aliphatic heterocycles. The molecule has 3 rings (SSSR count). The van der Waals surface area contributed by atoms with Gasteiger partial charge in [-0.1, -0.05) is 41.4 Å². The fourth-order valence-corrected chi connectivity index (χ4v) is 3.30. The molecule has 0 bridgehead atoms. The van der Waals surface area contributed by atoms with E-state index in [0.717, 1.165) is 42.9 Å². The predicted octanol–water partition coefficient (Wildman–Crippen LogP) is 4.85. The summed E-state index contributed by atoms with van der Waals surface area (Å²) < 4.78 is 17.2.